The van der Waals surface area contributed by atoms with Gasteiger partial charge in [-0.05, 0) is 41.8 Å². The zero-order valence-corrected chi connectivity index (χ0v) is 16.0. The molecule has 1 aromatic heterocycles. The SMILES string of the molecule is COC(=O)c1ccc(Nc2ncc(C(=O)N3CCc4ccccc4C3)cn2)cc1. The Labute approximate surface area is 168 Å². The Hall–Kier alpha value is -3.74. The first-order valence-corrected chi connectivity index (χ1v) is 9.27. The highest BCUT2D eigenvalue weighted by molar-refractivity contribution is 5.94. The molecule has 1 amide bonds. The molecule has 0 saturated heterocycles. The zero-order chi connectivity index (χ0) is 20.2. The summed E-state index contributed by atoms with van der Waals surface area (Å²) in [6, 6.07) is 15.0. The number of nitrogens with zero attached hydrogens (tertiary/aromatic N) is 3. The Morgan fingerprint density at radius 3 is 2.34 bits per heavy atom. The van der Waals surface area contributed by atoms with E-state index in [-0.39, 0.29) is 5.91 Å². The van der Waals surface area contributed by atoms with Crippen LogP contribution in [0.25, 0.3) is 0 Å². The van der Waals surface area contributed by atoms with E-state index in [0.29, 0.717) is 30.2 Å². The van der Waals surface area contributed by atoms with E-state index >= 15 is 0 Å². The van der Waals surface area contributed by atoms with Crippen LogP contribution in [0.3, 0.4) is 0 Å². The van der Waals surface area contributed by atoms with Gasteiger partial charge >= 0.3 is 5.97 Å². The first-order valence-electron chi connectivity index (χ1n) is 9.27. The lowest BCUT2D eigenvalue weighted by Gasteiger charge is -2.28. The lowest BCUT2D eigenvalue weighted by atomic mass is 9.99. The van der Waals surface area contributed by atoms with E-state index in [9.17, 15) is 9.59 Å². The lowest BCUT2D eigenvalue weighted by molar-refractivity contribution is 0.0600. The third-order valence-corrected chi connectivity index (χ3v) is 4.88. The summed E-state index contributed by atoms with van der Waals surface area (Å²) in [7, 11) is 1.34. The van der Waals surface area contributed by atoms with Crippen LogP contribution in [0.15, 0.2) is 60.9 Å². The summed E-state index contributed by atoms with van der Waals surface area (Å²) in [5, 5.41) is 3.05. The van der Waals surface area contributed by atoms with Crippen LogP contribution in [0.2, 0.25) is 0 Å². The second-order valence-corrected chi connectivity index (χ2v) is 6.73. The average Bonchev–Trinajstić information content (AvgIpc) is 2.79. The molecule has 0 radical (unpaired) electrons. The van der Waals surface area contributed by atoms with Crippen LogP contribution in [0.4, 0.5) is 11.6 Å². The monoisotopic (exact) mass is 388 g/mol. The molecular weight excluding hydrogens is 368 g/mol. The third kappa shape index (κ3) is 4.08. The molecule has 29 heavy (non-hydrogen) atoms. The van der Waals surface area contributed by atoms with Gasteiger partial charge in [0.1, 0.15) is 0 Å². The molecule has 3 aromatic rings. The minimum Gasteiger partial charge on any atom is -0.465 e. The maximum Gasteiger partial charge on any atom is 0.337 e. The Kier molecular flexibility index (Phi) is 5.20. The molecule has 2 heterocycles. The van der Waals surface area contributed by atoms with E-state index in [1.54, 1.807) is 24.3 Å². The van der Waals surface area contributed by atoms with E-state index in [1.807, 2.05) is 17.0 Å². The van der Waals surface area contributed by atoms with Crippen molar-refractivity contribution in [2.45, 2.75) is 13.0 Å². The fraction of sp³-hybridized carbons (Fsp3) is 0.182. The van der Waals surface area contributed by atoms with Crippen LogP contribution in [-0.4, -0.2) is 40.4 Å². The molecule has 2 aromatic carbocycles. The highest BCUT2D eigenvalue weighted by atomic mass is 16.5. The van der Waals surface area contributed by atoms with Gasteiger partial charge in [-0.15, -0.1) is 0 Å². The number of methoxy groups -OCH3 is 1. The van der Waals surface area contributed by atoms with E-state index in [2.05, 4.69) is 32.2 Å². The van der Waals surface area contributed by atoms with Crippen molar-refractivity contribution in [3.63, 3.8) is 0 Å². The molecule has 0 aliphatic carbocycles. The van der Waals surface area contributed by atoms with Crippen LogP contribution in [0.1, 0.15) is 31.8 Å². The Bertz CT molecular complexity index is 1030. The normalized spacial score (nSPS) is 12.8. The molecule has 0 unspecified atom stereocenters. The minimum atomic E-state index is -0.393. The quantitative estimate of drug-likeness (QED) is 0.691. The Morgan fingerprint density at radius 1 is 0.966 bits per heavy atom. The summed E-state index contributed by atoms with van der Waals surface area (Å²) < 4.78 is 4.68. The van der Waals surface area contributed by atoms with Crippen LogP contribution < -0.4 is 5.32 Å². The van der Waals surface area contributed by atoms with Crippen molar-refractivity contribution in [2.24, 2.45) is 0 Å². The van der Waals surface area contributed by atoms with Gasteiger partial charge in [-0.1, -0.05) is 24.3 Å². The lowest BCUT2D eigenvalue weighted by Crippen LogP contribution is -2.36. The van der Waals surface area contributed by atoms with Gasteiger partial charge in [0.2, 0.25) is 5.95 Å². The van der Waals surface area contributed by atoms with Crippen molar-refractivity contribution >= 4 is 23.5 Å². The molecule has 7 heteroatoms. The minimum absolute atomic E-state index is 0.0755. The molecule has 0 bridgehead atoms. The highest BCUT2D eigenvalue weighted by Crippen LogP contribution is 2.20. The van der Waals surface area contributed by atoms with E-state index in [1.165, 1.54) is 30.6 Å². The number of nitrogens with one attached hydrogen (secondary N) is 1. The number of aromatic nitrogens is 2. The van der Waals surface area contributed by atoms with Crippen molar-refractivity contribution in [1.29, 1.82) is 0 Å². The van der Waals surface area contributed by atoms with Crippen LogP contribution in [0, 0.1) is 0 Å². The van der Waals surface area contributed by atoms with Crippen molar-refractivity contribution < 1.29 is 14.3 Å². The smallest absolute Gasteiger partial charge is 0.337 e. The maximum atomic E-state index is 12.8. The second-order valence-electron chi connectivity index (χ2n) is 6.73. The van der Waals surface area contributed by atoms with Crippen LogP contribution in [0.5, 0.6) is 0 Å². The predicted molar refractivity (Wildman–Crippen MR) is 108 cm³/mol. The number of rotatable bonds is 4. The molecule has 1 N–H and O–H groups in total. The number of fused-ring (bicyclic) bond motifs is 1. The summed E-state index contributed by atoms with van der Waals surface area (Å²) in [4.78, 5) is 34.6. The van der Waals surface area contributed by atoms with Gasteiger partial charge in [-0.25, -0.2) is 14.8 Å². The Morgan fingerprint density at radius 2 is 1.66 bits per heavy atom. The van der Waals surface area contributed by atoms with Crippen LogP contribution in [-0.2, 0) is 17.7 Å². The molecule has 4 rings (SSSR count). The Balaban J connectivity index is 1.41. The fourth-order valence-corrected chi connectivity index (χ4v) is 3.29. The van der Waals surface area contributed by atoms with Crippen molar-refractivity contribution in [2.75, 3.05) is 19.0 Å². The van der Waals surface area contributed by atoms with Crippen molar-refractivity contribution in [3.8, 4) is 0 Å². The topological polar surface area (TPSA) is 84.4 Å². The molecule has 0 saturated carbocycles. The number of anilines is 2. The summed E-state index contributed by atoms with van der Waals surface area (Å²) in [6.07, 6.45) is 3.91. The first kappa shape index (κ1) is 18.6. The number of hydrogen-bond donors (Lipinski definition) is 1. The van der Waals surface area contributed by atoms with Gasteiger partial charge in [0.15, 0.2) is 0 Å². The molecule has 0 fully saturated rings. The molecule has 1 aliphatic heterocycles. The van der Waals surface area contributed by atoms with E-state index in [4.69, 9.17) is 0 Å². The summed E-state index contributed by atoms with van der Waals surface area (Å²) in [5.74, 6) is -0.0964. The summed E-state index contributed by atoms with van der Waals surface area (Å²) in [6.45, 7) is 1.28. The van der Waals surface area contributed by atoms with Crippen molar-refractivity contribution in [3.05, 3.63) is 83.2 Å². The number of carbonyl (C=O) groups excluding carboxylic acids is 2. The third-order valence-electron chi connectivity index (χ3n) is 4.88. The largest absolute Gasteiger partial charge is 0.465 e. The molecular formula is C22H20N4O3. The number of ether oxygens (including phenoxy) is 1. The number of amides is 1. The van der Waals surface area contributed by atoms with Crippen LogP contribution >= 0.6 is 0 Å². The molecule has 1 aliphatic rings. The number of hydrogen-bond acceptors (Lipinski definition) is 6. The van der Waals surface area contributed by atoms with E-state index in [0.717, 1.165) is 12.1 Å². The first-order chi connectivity index (χ1) is 14.1. The van der Waals surface area contributed by atoms with Crippen molar-refractivity contribution in [1.82, 2.24) is 14.9 Å². The van der Waals surface area contributed by atoms with Gasteiger partial charge in [0, 0.05) is 31.2 Å². The summed E-state index contributed by atoms with van der Waals surface area (Å²) >= 11 is 0. The average molecular weight is 388 g/mol. The van der Waals surface area contributed by atoms with Gasteiger partial charge in [-0.2, -0.15) is 0 Å². The van der Waals surface area contributed by atoms with E-state index < -0.39 is 5.97 Å². The van der Waals surface area contributed by atoms with Gasteiger partial charge in [-0.3, -0.25) is 4.79 Å². The zero-order valence-electron chi connectivity index (χ0n) is 16.0. The fourth-order valence-electron chi connectivity index (χ4n) is 3.29. The highest BCUT2D eigenvalue weighted by Gasteiger charge is 2.22. The molecule has 0 spiro atoms. The number of esters is 1. The second kappa shape index (κ2) is 8.10. The standard InChI is InChI=1S/C22H20N4O3/c1-29-21(28)16-6-8-19(9-7-16)25-22-23-12-18(13-24-22)20(27)26-11-10-15-4-2-3-5-17(15)14-26/h2-9,12-13H,10-11,14H2,1H3,(H,23,24,25). The van der Waals surface area contributed by atoms with Gasteiger partial charge in [0.25, 0.3) is 5.91 Å². The van der Waals surface area contributed by atoms with Gasteiger partial charge in [0.05, 0.1) is 18.2 Å². The van der Waals surface area contributed by atoms with Gasteiger partial charge < -0.3 is 15.0 Å². The molecule has 0 atom stereocenters. The number of benzene rings is 2. The molecule has 146 valence electrons. The predicted octanol–water partition coefficient (Wildman–Crippen LogP) is 3.21. The maximum absolute atomic E-state index is 12.8. The molecule has 7 nitrogen and oxygen atoms in total. The number of carbonyl (C=O) groups is 2. The summed E-state index contributed by atoms with van der Waals surface area (Å²) in [5.41, 5.74) is 4.12.